The molecule has 1 aliphatic carbocycles. The second-order valence-corrected chi connectivity index (χ2v) is 7.54. The van der Waals surface area contributed by atoms with E-state index in [9.17, 15) is 13.2 Å². The van der Waals surface area contributed by atoms with Crippen LogP contribution < -0.4 is 11.1 Å². The van der Waals surface area contributed by atoms with Crippen LogP contribution in [0.25, 0.3) is 0 Å². The highest BCUT2D eigenvalue weighted by atomic mass is 35.5. The Hall–Kier alpha value is -0.370. The maximum absolute atomic E-state index is 11.9. The van der Waals surface area contributed by atoms with Gasteiger partial charge in [-0.1, -0.05) is 0 Å². The minimum Gasteiger partial charge on any atom is -0.348 e. The van der Waals surface area contributed by atoms with Crippen molar-refractivity contribution in [3.63, 3.8) is 0 Å². The average molecular weight is 312 g/mol. The number of carbonyl (C=O) groups is 1. The molecule has 1 aliphatic heterocycles. The second-order valence-electron chi connectivity index (χ2n) is 5.45. The van der Waals surface area contributed by atoms with Crippen molar-refractivity contribution in [1.82, 2.24) is 9.62 Å². The zero-order chi connectivity index (χ0) is 13.4. The smallest absolute Gasteiger partial charge is 0.235 e. The predicted octanol–water partition coefficient (Wildman–Crippen LogP) is -0.313. The molecule has 0 aromatic rings. The van der Waals surface area contributed by atoms with Crippen molar-refractivity contribution in [2.45, 2.75) is 31.7 Å². The van der Waals surface area contributed by atoms with E-state index in [0.717, 1.165) is 12.8 Å². The van der Waals surface area contributed by atoms with Gasteiger partial charge in [-0.2, -0.15) is 4.31 Å². The van der Waals surface area contributed by atoms with Crippen molar-refractivity contribution < 1.29 is 13.2 Å². The average Bonchev–Trinajstić information content (AvgIpc) is 3.07. The molecule has 0 spiro atoms. The number of hydrogen-bond acceptors (Lipinski definition) is 4. The van der Waals surface area contributed by atoms with Gasteiger partial charge in [0, 0.05) is 13.1 Å². The summed E-state index contributed by atoms with van der Waals surface area (Å²) < 4.78 is 24.5. The Bertz CT molecular complexity index is 438. The zero-order valence-electron chi connectivity index (χ0n) is 11.1. The van der Waals surface area contributed by atoms with Gasteiger partial charge in [0.1, 0.15) is 0 Å². The molecule has 1 amide bonds. The predicted molar refractivity (Wildman–Crippen MR) is 75.6 cm³/mol. The first-order valence-electron chi connectivity index (χ1n) is 6.36. The topological polar surface area (TPSA) is 92.5 Å². The summed E-state index contributed by atoms with van der Waals surface area (Å²) in [5.74, 6) is 0.332. The molecule has 8 heteroatoms. The lowest BCUT2D eigenvalue weighted by Gasteiger charge is -2.30. The number of sulfonamides is 1. The van der Waals surface area contributed by atoms with Crippen LogP contribution in [0.1, 0.15) is 26.2 Å². The number of nitrogens with zero attached hydrogens (tertiary/aromatic N) is 1. The second kappa shape index (κ2) is 5.95. The van der Waals surface area contributed by atoms with Gasteiger partial charge in [0.15, 0.2) is 0 Å². The van der Waals surface area contributed by atoms with Crippen molar-refractivity contribution in [3.05, 3.63) is 0 Å². The van der Waals surface area contributed by atoms with Crippen LogP contribution in [-0.2, 0) is 14.8 Å². The zero-order valence-corrected chi connectivity index (χ0v) is 12.7. The number of rotatable bonds is 5. The lowest BCUT2D eigenvalue weighted by molar-refractivity contribution is -0.123. The highest BCUT2D eigenvalue weighted by molar-refractivity contribution is 7.89. The molecule has 2 fully saturated rings. The SMILES string of the molecule is CC(CN)(NC(=O)CN1CCCS1(=O)=O)C1CC1.Cl. The lowest BCUT2D eigenvalue weighted by Crippen LogP contribution is -2.55. The normalized spacial score (nSPS) is 25.4. The Balaban J connectivity index is 0.00000180. The largest absolute Gasteiger partial charge is 0.348 e. The van der Waals surface area contributed by atoms with E-state index in [1.807, 2.05) is 6.92 Å². The Morgan fingerprint density at radius 2 is 2.11 bits per heavy atom. The molecule has 2 aliphatic rings. The minimum atomic E-state index is -3.21. The van der Waals surface area contributed by atoms with E-state index >= 15 is 0 Å². The summed E-state index contributed by atoms with van der Waals surface area (Å²) in [5.41, 5.74) is 5.32. The summed E-state index contributed by atoms with van der Waals surface area (Å²) in [6.07, 6.45) is 2.76. The van der Waals surface area contributed by atoms with Gasteiger partial charge in [0.25, 0.3) is 0 Å². The first-order valence-corrected chi connectivity index (χ1v) is 7.97. The van der Waals surface area contributed by atoms with E-state index in [-0.39, 0.29) is 36.2 Å². The number of halogens is 1. The summed E-state index contributed by atoms with van der Waals surface area (Å²) in [6.45, 7) is 2.68. The fourth-order valence-electron chi connectivity index (χ4n) is 2.43. The monoisotopic (exact) mass is 311 g/mol. The van der Waals surface area contributed by atoms with Gasteiger partial charge >= 0.3 is 0 Å². The molecule has 3 N–H and O–H groups in total. The molecule has 2 rings (SSSR count). The van der Waals surface area contributed by atoms with Gasteiger partial charge in [-0.05, 0) is 32.1 Å². The van der Waals surface area contributed by atoms with Gasteiger partial charge in [0.2, 0.25) is 15.9 Å². The third-order valence-corrected chi connectivity index (χ3v) is 5.75. The molecule has 0 bridgehead atoms. The molecule has 1 saturated heterocycles. The summed E-state index contributed by atoms with van der Waals surface area (Å²) in [4.78, 5) is 11.9. The number of hydrogen-bond donors (Lipinski definition) is 2. The van der Waals surface area contributed by atoms with Gasteiger partial charge in [-0.25, -0.2) is 8.42 Å². The fourth-order valence-corrected chi connectivity index (χ4v) is 3.90. The lowest BCUT2D eigenvalue weighted by atomic mass is 9.96. The molecule has 112 valence electrons. The molecule has 1 heterocycles. The summed E-state index contributed by atoms with van der Waals surface area (Å²) >= 11 is 0. The van der Waals surface area contributed by atoms with E-state index < -0.39 is 10.0 Å². The molecule has 1 unspecified atom stereocenters. The van der Waals surface area contributed by atoms with Gasteiger partial charge in [0.05, 0.1) is 17.8 Å². The van der Waals surface area contributed by atoms with Crippen molar-refractivity contribution in [2.24, 2.45) is 11.7 Å². The van der Waals surface area contributed by atoms with E-state index in [2.05, 4.69) is 5.32 Å². The highest BCUT2D eigenvalue weighted by Crippen LogP contribution is 2.38. The molecule has 19 heavy (non-hydrogen) atoms. The van der Waals surface area contributed by atoms with Gasteiger partial charge in [-0.3, -0.25) is 4.79 Å². The number of nitrogens with one attached hydrogen (secondary N) is 1. The van der Waals surface area contributed by atoms with E-state index in [1.54, 1.807) is 0 Å². The van der Waals surface area contributed by atoms with Crippen LogP contribution >= 0.6 is 12.4 Å². The molecular formula is C11H22ClN3O3S. The Labute approximate surface area is 120 Å². The van der Waals surface area contributed by atoms with Crippen molar-refractivity contribution >= 4 is 28.3 Å². The van der Waals surface area contributed by atoms with Gasteiger partial charge < -0.3 is 11.1 Å². The minimum absolute atomic E-state index is 0. The highest BCUT2D eigenvalue weighted by Gasteiger charge is 2.42. The molecule has 0 radical (unpaired) electrons. The molecule has 1 atom stereocenters. The van der Waals surface area contributed by atoms with E-state index in [4.69, 9.17) is 5.73 Å². The van der Waals surface area contributed by atoms with Crippen LogP contribution in [0.5, 0.6) is 0 Å². The molecular weight excluding hydrogens is 290 g/mol. The van der Waals surface area contributed by atoms with Crippen LogP contribution in [0.2, 0.25) is 0 Å². The van der Waals surface area contributed by atoms with E-state index in [1.165, 1.54) is 4.31 Å². The third-order valence-electron chi connectivity index (χ3n) is 3.85. The van der Waals surface area contributed by atoms with Crippen LogP contribution in [-0.4, -0.2) is 49.6 Å². The van der Waals surface area contributed by atoms with Crippen LogP contribution in [0.15, 0.2) is 0 Å². The van der Waals surface area contributed by atoms with Gasteiger partial charge in [-0.15, -0.1) is 12.4 Å². The Morgan fingerprint density at radius 1 is 1.47 bits per heavy atom. The maximum atomic E-state index is 11.9. The van der Waals surface area contributed by atoms with Crippen LogP contribution in [0.4, 0.5) is 0 Å². The number of amides is 1. The first kappa shape index (κ1) is 16.7. The molecule has 0 aromatic carbocycles. The fraction of sp³-hybridized carbons (Fsp3) is 0.909. The van der Waals surface area contributed by atoms with E-state index in [0.29, 0.717) is 25.4 Å². The quantitative estimate of drug-likeness (QED) is 0.728. The first-order chi connectivity index (χ1) is 8.37. The molecule has 0 aromatic heterocycles. The summed E-state index contributed by atoms with van der Waals surface area (Å²) in [5, 5.41) is 2.90. The number of carbonyl (C=O) groups excluding carboxylic acids is 1. The van der Waals surface area contributed by atoms with Crippen molar-refractivity contribution in [3.8, 4) is 0 Å². The van der Waals surface area contributed by atoms with Crippen LogP contribution in [0.3, 0.4) is 0 Å². The van der Waals surface area contributed by atoms with Crippen molar-refractivity contribution in [1.29, 1.82) is 0 Å². The van der Waals surface area contributed by atoms with Crippen LogP contribution in [0, 0.1) is 5.92 Å². The maximum Gasteiger partial charge on any atom is 0.235 e. The third kappa shape index (κ3) is 3.81. The Kier molecular flexibility index (Phi) is 5.22. The Morgan fingerprint density at radius 3 is 2.53 bits per heavy atom. The van der Waals surface area contributed by atoms with Crippen molar-refractivity contribution in [2.75, 3.05) is 25.4 Å². The molecule has 6 nitrogen and oxygen atoms in total. The molecule has 1 saturated carbocycles. The standard InChI is InChI=1S/C11H21N3O3S.ClH/c1-11(8-12,9-3-4-9)13-10(15)7-14-5-2-6-18(14,16)17;/h9H,2-8,12H2,1H3,(H,13,15);1H. The number of nitrogens with two attached hydrogens (primary N) is 1. The summed E-state index contributed by atoms with van der Waals surface area (Å²) in [6, 6.07) is 0. The summed E-state index contributed by atoms with van der Waals surface area (Å²) in [7, 11) is -3.21.